The zero-order valence-corrected chi connectivity index (χ0v) is 4.51. The molecule has 3 heteroatoms. The minimum Gasteiger partial charge on any atom is -0.481 e. The van der Waals surface area contributed by atoms with Crippen molar-refractivity contribution in [1.29, 1.82) is 0 Å². The van der Waals surface area contributed by atoms with Crippen molar-refractivity contribution in [1.82, 2.24) is 0 Å². The van der Waals surface area contributed by atoms with E-state index in [1.54, 1.807) is 6.08 Å². The lowest BCUT2D eigenvalue weighted by molar-refractivity contribution is -0.137. The first-order valence-corrected chi connectivity index (χ1v) is 2.38. The maximum Gasteiger partial charge on any atom is 0.314 e. The second-order valence-electron chi connectivity index (χ2n) is 1.44. The van der Waals surface area contributed by atoms with Crippen LogP contribution < -0.4 is 0 Å². The van der Waals surface area contributed by atoms with Crippen LogP contribution in [0.3, 0.4) is 0 Å². The summed E-state index contributed by atoms with van der Waals surface area (Å²) in [5, 5.41) is 8.93. The molecular formula is C4H3O2Si. The van der Waals surface area contributed by atoms with Crippen molar-refractivity contribution in [2.45, 2.75) is 0 Å². The highest BCUT2D eigenvalue weighted by molar-refractivity contribution is 6.27. The monoisotopic (exact) mass is 111 g/mol. The minimum atomic E-state index is -0.773. The molecule has 1 aliphatic rings. The Hall–Kier alpha value is -0.573. The first-order chi connectivity index (χ1) is 3.22. The molecule has 7 heavy (non-hydrogen) atoms. The molecule has 0 aromatic rings. The van der Waals surface area contributed by atoms with Gasteiger partial charge in [-0.25, -0.2) is 0 Å². The SMILES string of the molecule is O=C(O)C1C=C1[Si]. The molecular weight excluding hydrogens is 108 g/mol. The molecule has 35 valence electrons. The summed E-state index contributed by atoms with van der Waals surface area (Å²) in [7, 11) is 3.07. The second kappa shape index (κ2) is 1.20. The van der Waals surface area contributed by atoms with Crippen molar-refractivity contribution in [2.75, 3.05) is 0 Å². The molecule has 0 bridgehead atoms. The minimum absolute atomic E-state index is 0.309. The Kier molecular flexibility index (Phi) is 0.783. The van der Waals surface area contributed by atoms with Crippen LogP contribution in [0.25, 0.3) is 0 Å². The summed E-state index contributed by atoms with van der Waals surface area (Å²) in [5.74, 6) is -1.08. The third-order valence-electron chi connectivity index (χ3n) is 0.838. The normalized spacial score (nSPS) is 26.4. The first kappa shape index (κ1) is 4.58. The Balaban J connectivity index is 2.39. The highest BCUT2D eigenvalue weighted by atomic mass is 28.1. The zero-order chi connectivity index (χ0) is 5.44. The summed E-state index contributed by atoms with van der Waals surface area (Å²) in [6, 6.07) is 0. The maximum absolute atomic E-state index is 9.89. The van der Waals surface area contributed by atoms with Crippen LogP contribution in [0.2, 0.25) is 0 Å². The summed E-state index contributed by atoms with van der Waals surface area (Å²) < 4.78 is 0. The molecule has 1 rings (SSSR count). The lowest BCUT2D eigenvalue weighted by Gasteiger charge is -1.81. The molecule has 1 N–H and O–H groups in total. The molecule has 0 aliphatic heterocycles. The Morgan fingerprint density at radius 1 is 2.00 bits per heavy atom. The van der Waals surface area contributed by atoms with Gasteiger partial charge in [-0.3, -0.25) is 4.79 Å². The number of aliphatic carboxylic acids is 1. The Bertz CT molecular complexity index is 139. The fraction of sp³-hybridized carbons (Fsp3) is 0.250. The van der Waals surface area contributed by atoms with Crippen molar-refractivity contribution in [3.05, 3.63) is 11.3 Å². The quantitative estimate of drug-likeness (QED) is 0.474. The van der Waals surface area contributed by atoms with Crippen LogP contribution >= 0.6 is 0 Å². The molecule has 0 amide bonds. The fourth-order valence-corrected chi connectivity index (χ4v) is 0.626. The maximum atomic E-state index is 9.89. The predicted molar refractivity (Wildman–Crippen MR) is 25.0 cm³/mol. The van der Waals surface area contributed by atoms with Gasteiger partial charge in [0.15, 0.2) is 0 Å². The van der Waals surface area contributed by atoms with E-state index in [1.165, 1.54) is 0 Å². The highest BCUT2D eigenvalue weighted by Gasteiger charge is 2.26. The van der Waals surface area contributed by atoms with Gasteiger partial charge in [-0.15, -0.1) is 0 Å². The third-order valence-corrected chi connectivity index (χ3v) is 1.32. The van der Waals surface area contributed by atoms with Crippen LogP contribution in [0.5, 0.6) is 0 Å². The van der Waals surface area contributed by atoms with Crippen molar-refractivity contribution in [3.63, 3.8) is 0 Å². The Labute approximate surface area is 44.3 Å². The topological polar surface area (TPSA) is 37.3 Å². The molecule has 1 atom stereocenters. The third kappa shape index (κ3) is 0.717. The molecule has 0 heterocycles. The van der Waals surface area contributed by atoms with Crippen LogP contribution in [0.1, 0.15) is 0 Å². The van der Waals surface area contributed by atoms with Crippen molar-refractivity contribution >= 4 is 16.2 Å². The van der Waals surface area contributed by atoms with E-state index >= 15 is 0 Å². The average molecular weight is 111 g/mol. The van der Waals surface area contributed by atoms with Crippen LogP contribution in [-0.2, 0) is 4.79 Å². The summed E-state index contributed by atoms with van der Waals surface area (Å²) in [4.78, 5) is 9.89. The lowest BCUT2D eigenvalue weighted by Crippen LogP contribution is -1.99. The van der Waals surface area contributed by atoms with Gasteiger partial charge in [-0.05, 0) is 0 Å². The molecule has 2 nitrogen and oxygen atoms in total. The number of hydrogen-bond acceptors (Lipinski definition) is 1. The molecule has 0 fully saturated rings. The van der Waals surface area contributed by atoms with E-state index in [0.29, 0.717) is 0 Å². The summed E-state index contributed by atoms with van der Waals surface area (Å²) in [5.41, 5.74) is 0. The van der Waals surface area contributed by atoms with E-state index in [1.807, 2.05) is 0 Å². The average Bonchev–Trinajstić information content (AvgIpc) is 2.17. The first-order valence-electron chi connectivity index (χ1n) is 1.88. The number of hydrogen-bond donors (Lipinski definition) is 1. The van der Waals surface area contributed by atoms with Gasteiger partial charge in [-0.2, -0.15) is 0 Å². The number of rotatable bonds is 1. The lowest BCUT2D eigenvalue weighted by atomic mass is 10.4. The zero-order valence-electron chi connectivity index (χ0n) is 3.51. The molecule has 0 saturated heterocycles. The van der Waals surface area contributed by atoms with Crippen molar-refractivity contribution < 1.29 is 9.90 Å². The largest absolute Gasteiger partial charge is 0.481 e. The van der Waals surface area contributed by atoms with Gasteiger partial charge in [0, 0.05) is 0 Å². The Morgan fingerprint density at radius 3 is 2.43 bits per heavy atom. The highest BCUT2D eigenvalue weighted by Crippen LogP contribution is 2.24. The number of carbonyl (C=O) groups is 1. The van der Waals surface area contributed by atoms with Gasteiger partial charge >= 0.3 is 5.97 Å². The molecule has 0 spiro atoms. The fourth-order valence-electron chi connectivity index (χ4n) is 0.336. The van der Waals surface area contributed by atoms with Crippen LogP contribution in [0, 0.1) is 5.92 Å². The van der Waals surface area contributed by atoms with E-state index in [-0.39, 0.29) is 5.92 Å². The van der Waals surface area contributed by atoms with Gasteiger partial charge in [0.1, 0.15) is 0 Å². The van der Waals surface area contributed by atoms with Gasteiger partial charge < -0.3 is 5.11 Å². The molecule has 1 aliphatic carbocycles. The van der Waals surface area contributed by atoms with Gasteiger partial charge in [-0.1, -0.05) is 11.3 Å². The molecule has 1 unspecified atom stereocenters. The standard InChI is InChI=1S/C4H3O2Si/c5-4(6)2-1-3(2)7/h1-2H,(H,5,6). The smallest absolute Gasteiger partial charge is 0.314 e. The summed E-state index contributed by atoms with van der Waals surface area (Å²) >= 11 is 0. The van der Waals surface area contributed by atoms with Crippen LogP contribution in [0.4, 0.5) is 0 Å². The Morgan fingerprint density at radius 2 is 2.43 bits per heavy atom. The molecule has 0 saturated carbocycles. The second-order valence-corrected chi connectivity index (χ2v) is 2.02. The molecule has 0 aromatic heterocycles. The summed E-state index contributed by atoms with van der Waals surface area (Å²) in [6.07, 6.45) is 1.64. The predicted octanol–water partition coefficient (Wildman–Crippen LogP) is -0.247. The van der Waals surface area contributed by atoms with E-state index in [4.69, 9.17) is 5.11 Å². The number of carboxylic acid groups (broad SMARTS) is 1. The number of carboxylic acids is 1. The summed E-state index contributed by atoms with van der Waals surface area (Å²) in [6.45, 7) is 0. The van der Waals surface area contributed by atoms with Gasteiger partial charge in [0.2, 0.25) is 0 Å². The molecule has 0 aromatic carbocycles. The van der Waals surface area contributed by atoms with Gasteiger partial charge in [0.05, 0.1) is 16.2 Å². The van der Waals surface area contributed by atoms with E-state index in [2.05, 4.69) is 10.2 Å². The molecule has 3 radical (unpaired) electrons. The van der Waals surface area contributed by atoms with Crippen LogP contribution in [-0.4, -0.2) is 21.3 Å². The van der Waals surface area contributed by atoms with E-state index < -0.39 is 5.97 Å². The van der Waals surface area contributed by atoms with Crippen molar-refractivity contribution in [2.24, 2.45) is 5.92 Å². The van der Waals surface area contributed by atoms with Crippen LogP contribution in [0.15, 0.2) is 11.3 Å². The van der Waals surface area contributed by atoms with E-state index in [9.17, 15) is 4.79 Å². The van der Waals surface area contributed by atoms with E-state index in [0.717, 1.165) is 5.20 Å². The van der Waals surface area contributed by atoms with Gasteiger partial charge in [0.25, 0.3) is 0 Å². The van der Waals surface area contributed by atoms with Crippen molar-refractivity contribution in [3.8, 4) is 0 Å².